The van der Waals surface area contributed by atoms with Gasteiger partial charge in [0.1, 0.15) is 18.5 Å². The van der Waals surface area contributed by atoms with Gasteiger partial charge in [-0.1, -0.05) is 28.4 Å². The highest BCUT2D eigenvalue weighted by Crippen LogP contribution is 2.27. The molecule has 114 valence electrons. The summed E-state index contributed by atoms with van der Waals surface area (Å²) in [6.45, 7) is 1.14. The molecular weight excluding hydrogens is 317 g/mol. The standard InChI is InChI=1S/C13H15Cl2N3O3/c14-9-1-2-11(15)12(5-9)20-7-10(19)6-16-4-3-13-17-8-21-18-13/h1-2,5,8,10,16,19H,3-4,6-7H2. The van der Waals surface area contributed by atoms with Crippen LogP contribution in [0.5, 0.6) is 5.75 Å². The van der Waals surface area contributed by atoms with Crippen molar-refractivity contribution in [1.82, 2.24) is 15.5 Å². The van der Waals surface area contributed by atoms with Crippen LogP contribution < -0.4 is 10.1 Å². The van der Waals surface area contributed by atoms with Crippen LogP contribution in [0, 0.1) is 0 Å². The molecule has 0 amide bonds. The predicted octanol–water partition coefficient (Wildman–Crippen LogP) is 1.95. The van der Waals surface area contributed by atoms with E-state index < -0.39 is 6.10 Å². The van der Waals surface area contributed by atoms with Gasteiger partial charge in [0.25, 0.3) is 0 Å². The molecule has 21 heavy (non-hydrogen) atoms. The molecule has 1 aromatic carbocycles. The van der Waals surface area contributed by atoms with Gasteiger partial charge in [0.05, 0.1) is 5.02 Å². The Labute approximate surface area is 132 Å². The molecule has 0 aliphatic rings. The Balaban J connectivity index is 1.65. The first-order valence-corrected chi connectivity index (χ1v) is 7.12. The lowest BCUT2D eigenvalue weighted by Crippen LogP contribution is -2.32. The number of aliphatic hydroxyl groups is 1. The van der Waals surface area contributed by atoms with Crippen LogP contribution in [0.4, 0.5) is 0 Å². The molecule has 0 bridgehead atoms. The summed E-state index contributed by atoms with van der Waals surface area (Å²) in [6, 6.07) is 4.93. The summed E-state index contributed by atoms with van der Waals surface area (Å²) in [4.78, 5) is 3.89. The van der Waals surface area contributed by atoms with Crippen LogP contribution in [-0.2, 0) is 6.42 Å². The third-order valence-corrected chi connectivity index (χ3v) is 3.18. The van der Waals surface area contributed by atoms with E-state index >= 15 is 0 Å². The smallest absolute Gasteiger partial charge is 0.213 e. The molecule has 1 aromatic heterocycles. The summed E-state index contributed by atoms with van der Waals surface area (Å²) >= 11 is 11.8. The first kappa shape index (κ1) is 16.0. The Morgan fingerprint density at radius 1 is 1.38 bits per heavy atom. The van der Waals surface area contributed by atoms with Crippen LogP contribution in [0.3, 0.4) is 0 Å². The van der Waals surface area contributed by atoms with E-state index in [1.165, 1.54) is 6.39 Å². The summed E-state index contributed by atoms with van der Waals surface area (Å²) in [5.74, 6) is 1.08. The lowest BCUT2D eigenvalue weighted by molar-refractivity contribution is 0.106. The SMILES string of the molecule is OC(CNCCc1ncon1)COc1cc(Cl)ccc1Cl. The summed E-state index contributed by atoms with van der Waals surface area (Å²) in [6.07, 6.45) is 1.25. The van der Waals surface area contributed by atoms with E-state index in [1.807, 2.05) is 0 Å². The van der Waals surface area contributed by atoms with Gasteiger partial charge >= 0.3 is 0 Å². The number of halogens is 2. The van der Waals surface area contributed by atoms with E-state index in [0.29, 0.717) is 41.1 Å². The van der Waals surface area contributed by atoms with Crippen molar-refractivity contribution in [1.29, 1.82) is 0 Å². The van der Waals surface area contributed by atoms with Crippen molar-refractivity contribution in [3.05, 3.63) is 40.5 Å². The molecule has 0 spiro atoms. The summed E-state index contributed by atoms with van der Waals surface area (Å²) in [7, 11) is 0. The first-order valence-electron chi connectivity index (χ1n) is 6.37. The van der Waals surface area contributed by atoms with Gasteiger partial charge in [-0.25, -0.2) is 0 Å². The van der Waals surface area contributed by atoms with Crippen molar-refractivity contribution in [2.75, 3.05) is 19.7 Å². The minimum Gasteiger partial charge on any atom is -0.489 e. The second-order valence-electron chi connectivity index (χ2n) is 4.34. The Kier molecular flexibility index (Phi) is 6.25. The monoisotopic (exact) mass is 331 g/mol. The van der Waals surface area contributed by atoms with Crippen LogP contribution in [0.2, 0.25) is 10.0 Å². The van der Waals surface area contributed by atoms with Crippen molar-refractivity contribution < 1.29 is 14.4 Å². The fourth-order valence-electron chi connectivity index (χ4n) is 1.60. The minimum absolute atomic E-state index is 0.120. The number of rotatable bonds is 8. The zero-order chi connectivity index (χ0) is 15.1. The Hall–Kier alpha value is -1.34. The van der Waals surface area contributed by atoms with E-state index in [2.05, 4.69) is 20.0 Å². The second-order valence-corrected chi connectivity index (χ2v) is 5.18. The van der Waals surface area contributed by atoms with Crippen LogP contribution in [0.15, 0.2) is 29.1 Å². The molecule has 2 N–H and O–H groups in total. The van der Waals surface area contributed by atoms with Gasteiger partial charge in [0.15, 0.2) is 5.82 Å². The van der Waals surface area contributed by atoms with Gasteiger partial charge < -0.3 is 19.7 Å². The van der Waals surface area contributed by atoms with Gasteiger partial charge in [-0.2, -0.15) is 4.98 Å². The molecule has 6 nitrogen and oxygen atoms in total. The number of nitrogens with zero attached hydrogens (tertiary/aromatic N) is 2. The maximum absolute atomic E-state index is 9.81. The topological polar surface area (TPSA) is 80.4 Å². The molecule has 1 heterocycles. The fourth-order valence-corrected chi connectivity index (χ4v) is 1.94. The molecule has 0 saturated carbocycles. The largest absolute Gasteiger partial charge is 0.489 e. The molecule has 0 aliphatic heterocycles. The molecule has 0 radical (unpaired) electrons. The zero-order valence-electron chi connectivity index (χ0n) is 11.1. The number of ether oxygens (including phenoxy) is 1. The highest BCUT2D eigenvalue weighted by molar-refractivity contribution is 6.34. The maximum Gasteiger partial charge on any atom is 0.213 e. The normalized spacial score (nSPS) is 12.3. The third kappa shape index (κ3) is 5.51. The highest BCUT2D eigenvalue weighted by Gasteiger charge is 2.08. The highest BCUT2D eigenvalue weighted by atomic mass is 35.5. The molecule has 0 aliphatic carbocycles. The van der Waals surface area contributed by atoms with E-state index in [4.69, 9.17) is 27.9 Å². The van der Waals surface area contributed by atoms with E-state index in [0.717, 1.165) is 0 Å². The fraction of sp³-hybridized carbons (Fsp3) is 0.385. The zero-order valence-corrected chi connectivity index (χ0v) is 12.6. The molecule has 0 fully saturated rings. The summed E-state index contributed by atoms with van der Waals surface area (Å²) in [5.41, 5.74) is 0. The number of aliphatic hydroxyl groups excluding tert-OH is 1. The number of hydrogen-bond donors (Lipinski definition) is 2. The van der Waals surface area contributed by atoms with Crippen molar-refractivity contribution in [3.8, 4) is 5.75 Å². The van der Waals surface area contributed by atoms with Gasteiger partial charge in [-0.3, -0.25) is 0 Å². The van der Waals surface area contributed by atoms with Gasteiger partial charge in [0.2, 0.25) is 6.39 Å². The van der Waals surface area contributed by atoms with Crippen LogP contribution in [-0.4, -0.2) is 41.0 Å². The quantitative estimate of drug-likeness (QED) is 0.719. The molecule has 0 saturated heterocycles. The lowest BCUT2D eigenvalue weighted by atomic mass is 10.3. The van der Waals surface area contributed by atoms with E-state index in [-0.39, 0.29) is 6.61 Å². The number of hydrogen-bond acceptors (Lipinski definition) is 6. The number of aromatic nitrogens is 2. The molecule has 2 rings (SSSR count). The maximum atomic E-state index is 9.81. The Morgan fingerprint density at radius 2 is 2.24 bits per heavy atom. The predicted molar refractivity (Wildman–Crippen MR) is 78.8 cm³/mol. The second kappa shape index (κ2) is 8.19. The van der Waals surface area contributed by atoms with Crippen molar-refractivity contribution >= 4 is 23.2 Å². The van der Waals surface area contributed by atoms with Crippen LogP contribution in [0.1, 0.15) is 5.82 Å². The van der Waals surface area contributed by atoms with Gasteiger partial charge in [-0.05, 0) is 12.1 Å². The average molecular weight is 332 g/mol. The van der Waals surface area contributed by atoms with Crippen molar-refractivity contribution in [2.24, 2.45) is 0 Å². The number of benzene rings is 1. The average Bonchev–Trinajstić information content (AvgIpc) is 2.98. The van der Waals surface area contributed by atoms with Crippen molar-refractivity contribution in [2.45, 2.75) is 12.5 Å². The Morgan fingerprint density at radius 3 is 3.00 bits per heavy atom. The molecular formula is C13H15Cl2N3O3. The van der Waals surface area contributed by atoms with E-state index in [1.54, 1.807) is 18.2 Å². The molecule has 1 unspecified atom stereocenters. The van der Waals surface area contributed by atoms with Crippen LogP contribution >= 0.6 is 23.2 Å². The summed E-state index contributed by atoms with van der Waals surface area (Å²) < 4.78 is 10.1. The molecule has 8 heteroatoms. The molecule has 2 aromatic rings. The third-order valence-electron chi connectivity index (χ3n) is 2.64. The van der Waals surface area contributed by atoms with Gasteiger partial charge in [0, 0.05) is 30.6 Å². The lowest BCUT2D eigenvalue weighted by Gasteiger charge is -2.14. The summed E-state index contributed by atoms with van der Waals surface area (Å²) in [5, 5.41) is 17.6. The molecule has 1 atom stereocenters. The van der Waals surface area contributed by atoms with Gasteiger partial charge in [-0.15, -0.1) is 0 Å². The van der Waals surface area contributed by atoms with E-state index in [9.17, 15) is 5.11 Å². The number of nitrogens with one attached hydrogen (secondary N) is 1. The Bertz CT molecular complexity index is 552. The van der Waals surface area contributed by atoms with Crippen molar-refractivity contribution in [3.63, 3.8) is 0 Å². The first-order chi connectivity index (χ1) is 10.1. The van der Waals surface area contributed by atoms with Crippen LogP contribution in [0.25, 0.3) is 0 Å². The minimum atomic E-state index is -0.662.